The van der Waals surface area contributed by atoms with E-state index in [1.54, 1.807) is 26.0 Å². The zero-order valence-electron chi connectivity index (χ0n) is 13.5. The highest BCUT2D eigenvalue weighted by Gasteiger charge is 2.25. The van der Waals surface area contributed by atoms with Crippen molar-refractivity contribution in [1.82, 2.24) is 10.3 Å². The molecule has 0 bridgehead atoms. The van der Waals surface area contributed by atoms with Crippen molar-refractivity contribution in [3.63, 3.8) is 0 Å². The number of benzene rings is 1. The first-order valence-corrected chi connectivity index (χ1v) is 7.83. The molecular formula is C16H21ClFN3OS. The van der Waals surface area contributed by atoms with Crippen LogP contribution in [0.1, 0.15) is 37.4 Å². The fraction of sp³-hybridized carbons (Fsp3) is 0.375. The molecule has 0 saturated heterocycles. The number of nitrogens with zero attached hydrogens (tertiary/aromatic N) is 1. The van der Waals surface area contributed by atoms with Gasteiger partial charge in [-0.15, -0.1) is 23.7 Å². The molecule has 23 heavy (non-hydrogen) atoms. The van der Waals surface area contributed by atoms with Gasteiger partial charge in [-0.2, -0.15) is 0 Å². The summed E-state index contributed by atoms with van der Waals surface area (Å²) in [6.07, 6.45) is 0. The van der Waals surface area contributed by atoms with Crippen LogP contribution in [-0.2, 0) is 4.79 Å². The SMILES string of the molecule is Cc1nc(-c2ccc(F)cc2)sc1C(C)NC(=O)C(C)(C)N.Cl. The van der Waals surface area contributed by atoms with Gasteiger partial charge < -0.3 is 11.1 Å². The van der Waals surface area contributed by atoms with Crippen molar-refractivity contribution in [3.8, 4) is 10.6 Å². The standard InChI is InChI=1S/C16H20FN3OS.ClH/c1-9-13(10(2)20-15(21)16(3,4)18)22-14(19-9)11-5-7-12(17)8-6-11;/h5-8,10H,18H2,1-4H3,(H,20,21);1H. The molecule has 0 saturated carbocycles. The molecular weight excluding hydrogens is 337 g/mol. The van der Waals surface area contributed by atoms with E-state index in [9.17, 15) is 9.18 Å². The van der Waals surface area contributed by atoms with Crippen molar-refractivity contribution >= 4 is 29.7 Å². The predicted octanol–water partition coefficient (Wildman–Crippen LogP) is 3.59. The number of nitrogens with one attached hydrogen (secondary N) is 1. The fourth-order valence-corrected chi connectivity index (χ4v) is 3.05. The number of rotatable bonds is 4. The molecule has 0 spiro atoms. The van der Waals surface area contributed by atoms with Crippen LogP contribution in [0, 0.1) is 12.7 Å². The summed E-state index contributed by atoms with van der Waals surface area (Å²) in [6.45, 7) is 7.13. The highest BCUT2D eigenvalue weighted by molar-refractivity contribution is 7.15. The molecule has 3 N–H and O–H groups in total. The Morgan fingerprint density at radius 1 is 1.35 bits per heavy atom. The van der Waals surface area contributed by atoms with Gasteiger partial charge in [-0.05, 0) is 52.0 Å². The molecule has 0 aliphatic rings. The van der Waals surface area contributed by atoms with Gasteiger partial charge in [0.05, 0.1) is 22.2 Å². The molecule has 1 aromatic carbocycles. The van der Waals surface area contributed by atoms with E-state index >= 15 is 0 Å². The minimum Gasteiger partial charge on any atom is -0.347 e. The van der Waals surface area contributed by atoms with Gasteiger partial charge in [-0.25, -0.2) is 9.37 Å². The number of nitrogens with two attached hydrogens (primary N) is 1. The second kappa shape index (κ2) is 7.38. The molecule has 1 atom stereocenters. The second-order valence-corrected chi connectivity index (χ2v) is 6.92. The number of carbonyl (C=O) groups excluding carboxylic acids is 1. The van der Waals surface area contributed by atoms with Crippen LogP contribution in [-0.4, -0.2) is 16.4 Å². The van der Waals surface area contributed by atoms with E-state index in [-0.39, 0.29) is 30.2 Å². The third kappa shape index (κ3) is 4.73. The molecule has 4 nitrogen and oxygen atoms in total. The second-order valence-electron chi connectivity index (χ2n) is 5.89. The summed E-state index contributed by atoms with van der Waals surface area (Å²) in [7, 11) is 0. The first kappa shape index (κ1) is 19.5. The number of hydrogen-bond donors (Lipinski definition) is 2. The van der Waals surface area contributed by atoms with Crippen LogP contribution in [0.3, 0.4) is 0 Å². The quantitative estimate of drug-likeness (QED) is 0.878. The highest BCUT2D eigenvalue weighted by Crippen LogP contribution is 2.31. The monoisotopic (exact) mass is 357 g/mol. The van der Waals surface area contributed by atoms with Gasteiger partial charge in [0.15, 0.2) is 0 Å². The van der Waals surface area contributed by atoms with Crippen LogP contribution in [0.15, 0.2) is 24.3 Å². The van der Waals surface area contributed by atoms with Gasteiger partial charge in [0.1, 0.15) is 10.8 Å². The third-order valence-corrected chi connectivity index (χ3v) is 4.64. The Hall–Kier alpha value is -1.50. The van der Waals surface area contributed by atoms with E-state index in [1.165, 1.54) is 23.5 Å². The maximum Gasteiger partial charge on any atom is 0.240 e. The van der Waals surface area contributed by atoms with Crippen molar-refractivity contribution in [2.24, 2.45) is 5.73 Å². The third-order valence-electron chi connectivity index (χ3n) is 3.25. The van der Waals surface area contributed by atoms with Crippen molar-refractivity contribution < 1.29 is 9.18 Å². The summed E-state index contributed by atoms with van der Waals surface area (Å²) in [5, 5.41) is 3.70. The Balaban J connectivity index is 0.00000264. The van der Waals surface area contributed by atoms with Crippen LogP contribution in [0.5, 0.6) is 0 Å². The van der Waals surface area contributed by atoms with E-state index in [0.29, 0.717) is 0 Å². The summed E-state index contributed by atoms with van der Waals surface area (Å²) in [6, 6.07) is 6.04. The molecule has 1 heterocycles. The summed E-state index contributed by atoms with van der Waals surface area (Å²) in [5.41, 5.74) is 6.58. The van der Waals surface area contributed by atoms with E-state index < -0.39 is 5.54 Å². The first-order chi connectivity index (χ1) is 10.2. The molecule has 1 unspecified atom stereocenters. The average Bonchev–Trinajstić information content (AvgIpc) is 2.80. The maximum atomic E-state index is 13.0. The van der Waals surface area contributed by atoms with Gasteiger partial charge in [0.25, 0.3) is 0 Å². The van der Waals surface area contributed by atoms with Crippen molar-refractivity contribution in [2.45, 2.75) is 39.3 Å². The number of aromatic nitrogens is 1. The van der Waals surface area contributed by atoms with Gasteiger partial charge >= 0.3 is 0 Å². The number of halogens is 2. The van der Waals surface area contributed by atoms with E-state index in [1.807, 2.05) is 13.8 Å². The molecule has 0 fully saturated rings. The molecule has 1 amide bonds. The summed E-state index contributed by atoms with van der Waals surface area (Å²) in [5.74, 6) is -0.487. The molecule has 0 radical (unpaired) electrons. The topological polar surface area (TPSA) is 68.0 Å². The Bertz CT molecular complexity index is 680. The Morgan fingerprint density at radius 3 is 2.43 bits per heavy atom. The van der Waals surface area contributed by atoms with Gasteiger partial charge in [-0.1, -0.05) is 0 Å². The minimum atomic E-state index is -0.924. The van der Waals surface area contributed by atoms with Crippen molar-refractivity contribution in [3.05, 3.63) is 40.7 Å². The lowest BCUT2D eigenvalue weighted by Crippen LogP contribution is -2.49. The zero-order valence-corrected chi connectivity index (χ0v) is 15.1. The molecule has 2 aromatic rings. The number of carbonyl (C=O) groups is 1. The Labute approximate surface area is 145 Å². The van der Waals surface area contributed by atoms with E-state index in [2.05, 4.69) is 10.3 Å². The molecule has 2 rings (SSSR count). The van der Waals surface area contributed by atoms with Crippen LogP contribution in [0.4, 0.5) is 4.39 Å². The lowest BCUT2D eigenvalue weighted by molar-refractivity contribution is -0.125. The minimum absolute atomic E-state index is 0. The number of aryl methyl sites for hydroxylation is 1. The summed E-state index contributed by atoms with van der Waals surface area (Å²) >= 11 is 1.49. The highest BCUT2D eigenvalue weighted by atomic mass is 35.5. The Kier molecular flexibility index (Phi) is 6.27. The van der Waals surface area contributed by atoms with Gasteiger partial charge in [0.2, 0.25) is 5.91 Å². The molecule has 126 valence electrons. The maximum absolute atomic E-state index is 13.0. The van der Waals surface area contributed by atoms with E-state index in [0.717, 1.165) is 21.1 Å². The smallest absolute Gasteiger partial charge is 0.240 e. The van der Waals surface area contributed by atoms with E-state index in [4.69, 9.17) is 5.73 Å². The first-order valence-electron chi connectivity index (χ1n) is 7.01. The number of amides is 1. The fourth-order valence-electron chi connectivity index (χ4n) is 1.97. The predicted molar refractivity (Wildman–Crippen MR) is 94.3 cm³/mol. The number of thiazole rings is 1. The molecule has 0 aliphatic heterocycles. The Morgan fingerprint density at radius 2 is 1.91 bits per heavy atom. The number of hydrogen-bond acceptors (Lipinski definition) is 4. The van der Waals surface area contributed by atoms with Crippen LogP contribution < -0.4 is 11.1 Å². The van der Waals surface area contributed by atoms with Crippen molar-refractivity contribution in [1.29, 1.82) is 0 Å². The van der Waals surface area contributed by atoms with Gasteiger partial charge in [0, 0.05) is 5.56 Å². The van der Waals surface area contributed by atoms with Crippen LogP contribution in [0.25, 0.3) is 10.6 Å². The molecule has 7 heteroatoms. The van der Waals surface area contributed by atoms with Crippen LogP contribution >= 0.6 is 23.7 Å². The average molecular weight is 358 g/mol. The molecule has 0 aliphatic carbocycles. The van der Waals surface area contributed by atoms with Crippen LogP contribution in [0.2, 0.25) is 0 Å². The normalized spacial score (nSPS) is 12.4. The lowest BCUT2D eigenvalue weighted by Gasteiger charge is -2.21. The zero-order chi connectivity index (χ0) is 16.5. The summed E-state index contributed by atoms with van der Waals surface area (Å²) < 4.78 is 13.0. The van der Waals surface area contributed by atoms with Crippen molar-refractivity contribution in [2.75, 3.05) is 0 Å². The molecule has 1 aromatic heterocycles. The largest absolute Gasteiger partial charge is 0.347 e. The summed E-state index contributed by atoms with van der Waals surface area (Å²) in [4.78, 5) is 17.5. The lowest BCUT2D eigenvalue weighted by atomic mass is 10.1. The van der Waals surface area contributed by atoms with Gasteiger partial charge in [-0.3, -0.25) is 4.79 Å².